The predicted octanol–water partition coefficient (Wildman–Crippen LogP) is 1.70. The van der Waals surface area contributed by atoms with E-state index >= 15 is 0 Å². The molecule has 1 atom stereocenters. The maximum Gasteiger partial charge on any atom is 0.0434 e. The van der Waals surface area contributed by atoms with Crippen LogP contribution in [0.25, 0.3) is 0 Å². The third-order valence-electron chi connectivity index (χ3n) is 1.06. The summed E-state index contributed by atoms with van der Waals surface area (Å²) in [5.41, 5.74) is 0. The lowest BCUT2D eigenvalue weighted by molar-refractivity contribution is 0.296. The maximum absolute atomic E-state index is 8.44. The summed E-state index contributed by atoms with van der Waals surface area (Å²) in [6.45, 7) is 4.85. The van der Waals surface area contributed by atoms with Crippen molar-refractivity contribution in [2.75, 3.05) is 18.9 Å². The van der Waals surface area contributed by atoms with Crippen molar-refractivity contribution < 1.29 is 5.11 Å². The van der Waals surface area contributed by atoms with E-state index in [1.165, 1.54) is 12.3 Å². The molecule has 0 radical (unpaired) electrons. The number of hydrogen-bond acceptors (Lipinski definition) is 1. The lowest BCUT2D eigenvalue weighted by Crippen LogP contribution is -1.91. The third kappa shape index (κ3) is 8.39. The maximum atomic E-state index is 8.44. The average molecular weight is 148 g/mol. The van der Waals surface area contributed by atoms with Crippen LogP contribution >= 0.6 is 8.58 Å². The molecule has 0 aromatic heterocycles. The summed E-state index contributed by atoms with van der Waals surface area (Å²) in [5, 5.41) is 8.44. The Morgan fingerprint density at radius 1 is 1.44 bits per heavy atom. The topological polar surface area (TPSA) is 20.2 Å². The van der Waals surface area contributed by atoms with E-state index in [2.05, 4.69) is 13.8 Å². The molecule has 0 fully saturated rings. The van der Waals surface area contributed by atoms with E-state index in [1.54, 1.807) is 0 Å². The molecule has 0 aromatic rings. The van der Waals surface area contributed by atoms with Crippen LogP contribution in [0.2, 0.25) is 0 Å². The zero-order valence-electron chi connectivity index (χ0n) is 6.35. The highest BCUT2D eigenvalue weighted by atomic mass is 31.1. The van der Waals surface area contributed by atoms with Gasteiger partial charge in [-0.1, -0.05) is 13.8 Å². The van der Waals surface area contributed by atoms with Crippen molar-refractivity contribution in [3.05, 3.63) is 0 Å². The minimum Gasteiger partial charge on any atom is -0.396 e. The van der Waals surface area contributed by atoms with Crippen molar-refractivity contribution in [2.45, 2.75) is 20.3 Å². The molecule has 0 spiro atoms. The SMILES string of the molecule is CC(C)CPCCCO. The summed E-state index contributed by atoms with van der Waals surface area (Å²) < 4.78 is 0. The molecule has 1 N–H and O–H groups in total. The van der Waals surface area contributed by atoms with Gasteiger partial charge in [0.2, 0.25) is 0 Å². The summed E-state index contributed by atoms with van der Waals surface area (Å²) in [6, 6.07) is 0. The molecule has 0 bridgehead atoms. The second-order valence-corrected chi connectivity index (χ2v) is 4.08. The normalized spacial score (nSPS) is 12.0. The van der Waals surface area contributed by atoms with Crippen molar-refractivity contribution >= 4 is 8.58 Å². The molecule has 0 saturated carbocycles. The van der Waals surface area contributed by atoms with Gasteiger partial charge in [-0.3, -0.25) is 0 Å². The quantitative estimate of drug-likeness (QED) is 0.464. The molecule has 9 heavy (non-hydrogen) atoms. The Kier molecular flexibility index (Phi) is 6.79. The smallest absolute Gasteiger partial charge is 0.0434 e. The largest absolute Gasteiger partial charge is 0.396 e. The molecule has 0 amide bonds. The van der Waals surface area contributed by atoms with Crippen molar-refractivity contribution in [2.24, 2.45) is 5.92 Å². The molecule has 1 nitrogen and oxygen atoms in total. The highest BCUT2D eigenvalue weighted by molar-refractivity contribution is 7.37. The molecule has 0 aromatic carbocycles. The van der Waals surface area contributed by atoms with Crippen LogP contribution in [0.3, 0.4) is 0 Å². The Morgan fingerprint density at radius 2 is 2.11 bits per heavy atom. The van der Waals surface area contributed by atoms with E-state index in [1.807, 2.05) is 0 Å². The lowest BCUT2D eigenvalue weighted by Gasteiger charge is -2.02. The minimum absolute atomic E-state index is 0.366. The Morgan fingerprint density at radius 3 is 2.56 bits per heavy atom. The molecular weight excluding hydrogens is 131 g/mol. The number of hydrogen-bond donors (Lipinski definition) is 1. The Hall–Kier alpha value is 0.390. The van der Waals surface area contributed by atoms with Crippen molar-refractivity contribution in [3.63, 3.8) is 0 Å². The van der Waals surface area contributed by atoms with Gasteiger partial charge in [0.15, 0.2) is 0 Å². The van der Waals surface area contributed by atoms with Gasteiger partial charge in [-0.05, 0) is 24.7 Å². The zero-order valence-corrected chi connectivity index (χ0v) is 7.35. The molecule has 0 aliphatic rings. The summed E-state index contributed by atoms with van der Waals surface area (Å²) in [4.78, 5) is 0. The van der Waals surface area contributed by atoms with Gasteiger partial charge < -0.3 is 5.11 Å². The second-order valence-electron chi connectivity index (χ2n) is 2.68. The van der Waals surface area contributed by atoms with Crippen LogP contribution < -0.4 is 0 Å². The number of aliphatic hydroxyl groups is 1. The van der Waals surface area contributed by atoms with E-state index in [0.717, 1.165) is 20.9 Å². The number of rotatable bonds is 5. The molecular formula is C7H17OP. The van der Waals surface area contributed by atoms with Crippen LogP contribution in [0.4, 0.5) is 0 Å². The van der Waals surface area contributed by atoms with Gasteiger partial charge in [0.25, 0.3) is 0 Å². The van der Waals surface area contributed by atoms with Crippen LogP contribution in [0.5, 0.6) is 0 Å². The predicted molar refractivity (Wildman–Crippen MR) is 44.6 cm³/mol. The summed E-state index contributed by atoms with van der Waals surface area (Å²) >= 11 is 0. The van der Waals surface area contributed by atoms with Crippen LogP contribution in [0, 0.1) is 5.92 Å². The average Bonchev–Trinajstić information content (AvgIpc) is 1.80. The van der Waals surface area contributed by atoms with Crippen molar-refractivity contribution in [3.8, 4) is 0 Å². The molecule has 0 rings (SSSR count). The van der Waals surface area contributed by atoms with Crippen molar-refractivity contribution in [1.82, 2.24) is 0 Å². The Bertz CT molecular complexity index is 54.9. The highest BCUT2D eigenvalue weighted by Gasteiger charge is 1.91. The van der Waals surface area contributed by atoms with Gasteiger partial charge >= 0.3 is 0 Å². The van der Waals surface area contributed by atoms with Gasteiger partial charge in [0.05, 0.1) is 0 Å². The Labute approximate surface area is 59.6 Å². The summed E-state index contributed by atoms with van der Waals surface area (Å²) in [7, 11) is 1.06. The van der Waals surface area contributed by atoms with Gasteiger partial charge in [0, 0.05) is 6.61 Å². The van der Waals surface area contributed by atoms with Gasteiger partial charge in [0.1, 0.15) is 0 Å². The summed E-state index contributed by atoms with van der Waals surface area (Å²) in [5.74, 6) is 0.835. The fourth-order valence-electron chi connectivity index (χ4n) is 0.595. The molecule has 0 aliphatic carbocycles. The van der Waals surface area contributed by atoms with Crippen LogP contribution in [0.15, 0.2) is 0 Å². The fourth-order valence-corrected chi connectivity index (χ4v) is 1.78. The molecule has 2 heteroatoms. The van der Waals surface area contributed by atoms with E-state index in [-0.39, 0.29) is 0 Å². The lowest BCUT2D eigenvalue weighted by atomic mass is 10.3. The van der Waals surface area contributed by atoms with E-state index in [9.17, 15) is 0 Å². The molecule has 0 aliphatic heterocycles. The highest BCUT2D eigenvalue weighted by Crippen LogP contribution is 2.15. The zero-order chi connectivity index (χ0) is 7.11. The van der Waals surface area contributed by atoms with Gasteiger partial charge in [-0.2, -0.15) is 0 Å². The van der Waals surface area contributed by atoms with Crippen molar-refractivity contribution in [1.29, 1.82) is 0 Å². The summed E-state index contributed by atoms with van der Waals surface area (Å²) in [6.07, 6.45) is 3.54. The fraction of sp³-hybridized carbons (Fsp3) is 1.00. The number of aliphatic hydroxyl groups excluding tert-OH is 1. The standard InChI is InChI=1S/C7H17OP/c1-7(2)6-9-5-3-4-8/h7-9H,3-6H2,1-2H3. The van der Waals surface area contributed by atoms with E-state index < -0.39 is 0 Å². The first kappa shape index (κ1) is 9.39. The van der Waals surface area contributed by atoms with E-state index in [4.69, 9.17) is 5.11 Å². The third-order valence-corrected chi connectivity index (χ3v) is 2.88. The van der Waals surface area contributed by atoms with Crippen LogP contribution in [-0.2, 0) is 0 Å². The van der Waals surface area contributed by atoms with Crippen LogP contribution in [-0.4, -0.2) is 24.0 Å². The second kappa shape index (κ2) is 6.51. The monoisotopic (exact) mass is 148 g/mol. The molecule has 56 valence electrons. The first-order valence-electron chi connectivity index (χ1n) is 3.59. The van der Waals surface area contributed by atoms with Gasteiger partial charge in [-0.25, -0.2) is 0 Å². The first-order valence-corrected chi connectivity index (χ1v) is 5.00. The molecule has 0 heterocycles. The van der Waals surface area contributed by atoms with E-state index in [0.29, 0.717) is 6.61 Å². The van der Waals surface area contributed by atoms with Gasteiger partial charge in [-0.15, -0.1) is 8.58 Å². The minimum atomic E-state index is 0.366. The Balaban J connectivity index is 2.75. The molecule has 1 unspecified atom stereocenters. The first-order chi connectivity index (χ1) is 4.27. The molecule has 0 saturated heterocycles. The van der Waals surface area contributed by atoms with Crippen LogP contribution in [0.1, 0.15) is 20.3 Å².